The number of phosphoric ester groups is 2. The topological polar surface area (TPSA) is 237 Å². The van der Waals surface area contributed by atoms with Crippen LogP contribution in [0.1, 0.15) is 452 Å². The Labute approximate surface area is 638 Å². The van der Waals surface area contributed by atoms with E-state index >= 15 is 0 Å². The molecule has 0 spiro atoms. The standard InChI is InChI=1S/C85H166O17P2/c1-7-9-11-13-15-17-19-21-23-25-27-28-29-31-33-37-41-45-49-57-63-69-84(89)101-80(73-95-82(87)67-61-55-48-44-40-36-32-30-26-24-22-20-18-16-14-12-10-8-2)75-99-103(91,92)97-71-79(86)72-98-104(93,94)100-76-81(74-96-83(88)68-62-56-52-51-54-60-66-78(5)6)102-85(90)70-64-58-50-46-42-38-34-35-39-43-47-53-59-65-77(3)4/h77-81,86H,7-76H2,1-6H3,(H,91,92)(H,93,94)/t79-,80-,81-/m1/s1. The molecular formula is C85H166O17P2. The first-order valence-corrected chi connectivity index (χ1v) is 47.0. The van der Waals surface area contributed by atoms with Gasteiger partial charge in [-0.2, -0.15) is 0 Å². The summed E-state index contributed by atoms with van der Waals surface area (Å²) in [6.45, 7) is 9.59. The number of hydrogen-bond donors (Lipinski definition) is 3. The summed E-state index contributed by atoms with van der Waals surface area (Å²) in [4.78, 5) is 73.1. The second-order valence-electron chi connectivity index (χ2n) is 31.5. The van der Waals surface area contributed by atoms with Gasteiger partial charge in [0.15, 0.2) is 12.2 Å². The van der Waals surface area contributed by atoms with Crippen molar-refractivity contribution in [3.63, 3.8) is 0 Å². The molecule has 0 bridgehead atoms. The summed E-state index contributed by atoms with van der Waals surface area (Å²) >= 11 is 0. The molecule has 0 radical (unpaired) electrons. The summed E-state index contributed by atoms with van der Waals surface area (Å²) < 4.78 is 68.8. The van der Waals surface area contributed by atoms with Gasteiger partial charge < -0.3 is 33.8 Å². The first-order chi connectivity index (χ1) is 50.4. The molecule has 0 heterocycles. The number of carbonyl (C=O) groups is 4. The zero-order valence-corrected chi connectivity index (χ0v) is 70.1. The number of hydrogen-bond acceptors (Lipinski definition) is 15. The third-order valence-electron chi connectivity index (χ3n) is 20.0. The number of aliphatic hydroxyl groups excluding tert-OH is 1. The van der Waals surface area contributed by atoms with Gasteiger partial charge in [0.05, 0.1) is 26.4 Å². The van der Waals surface area contributed by atoms with Gasteiger partial charge in [-0.25, -0.2) is 9.13 Å². The van der Waals surface area contributed by atoms with E-state index in [1.165, 1.54) is 263 Å². The summed E-state index contributed by atoms with van der Waals surface area (Å²) in [5.74, 6) is -0.641. The van der Waals surface area contributed by atoms with E-state index in [-0.39, 0.29) is 25.7 Å². The Balaban J connectivity index is 5.21. The molecule has 5 atom stereocenters. The van der Waals surface area contributed by atoms with Crippen LogP contribution in [-0.2, 0) is 65.4 Å². The fraction of sp³-hybridized carbons (Fsp3) is 0.953. The molecule has 3 N–H and O–H groups in total. The first-order valence-electron chi connectivity index (χ1n) is 44.0. The van der Waals surface area contributed by atoms with Crippen molar-refractivity contribution in [3.05, 3.63) is 0 Å². The molecule has 0 fully saturated rings. The molecule has 0 aromatic heterocycles. The molecule has 0 aliphatic heterocycles. The minimum atomic E-state index is -4.96. The molecule has 0 rings (SSSR count). The van der Waals surface area contributed by atoms with Gasteiger partial charge >= 0.3 is 39.5 Å². The molecule has 0 amide bonds. The average molecular weight is 1520 g/mol. The average Bonchev–Trinajstić information content (AvgIpc) is 0.904. The molecule has 19 heteroatoms. The fourth-order valence-electron chi connectivity index (χ4n) is 13.2. The number of rotatable bonds is 84. The van der Waals surface area contributed by atoms with Crippen molar-refractivity contribution >= 4 is 39.5 Å². The second-order valence-corrected chi connectivity index (χ2v) is 34.4. The summed E-state index contributed by atoms with van der Waals surface area (Å²) in [5, 5.41) is 10.7. The van der Waals surface area contributed by atoms with Crippen molar-refractivity contribution in [1.82, 2.24) is 0 Å². The Kier molecular flexibility index (Phi) is 75.0. The van der Waals surface area contributed by atoms with Crippen molar-refractivity contribution in [2.45, 2.75) is 471 Å². The molecule has 0 aromatic rings. The maximum absolute atomic E-state index is 13.1. The van der Waals surface area contributed by atoms with Crippen molar-refractivity contribution in [3.8, 4) is 0 Å². The minimum absolute atomic E-state index is 0.106. The number of phosphoric acid groups is 2. The Morgan fingerprint density at radius 2 is 0.442 bits per heavy atom. The van der Waals surface area contributed by atoms with E-state index < -0.39 is 97.5 Å². The van der Waals surface area contributed by atoms with E-state index in [0.29, 0.717) is 31.6 Å². The van der Waals surface area contributed by atoms with Crippen LogP contribution in [0.2, 0.25) is 0 Å². The molecule has 0 saturated carbocycles. The van der Waals surface area contributed by atoms with Crippen LogP contribution in [-0.4, -0.2) is 96.7 Å². The summed E-state index contributed by atoms with van der Waals surface area (Å²) in [6, 6.07) is 0. The van der Waals surface area contributed by atoms with Gasteiger partial charge in [-0.15, -0.1) is 0 Å². The van der Waals surface area contributed by atoms with Crippen LogP contribution in [0.3, 0.4) is 0 Å². The Morgan fingerprint density at radius 1 is 0.260 bits per heavy atom. The van der Waals surface area contributed by atoms with Crippen molar-refractivity contribution < 1.29 is 80.2 Å². The van der Waals surface area contributed by atoms with Gasteiger partial charge in [-0.05, 0) is 37.5 Å². The SMILES string of the molecule is CCCCCCCCCCCCCCCCCCCCCCCC(=O)O[C@H](COC(=O)CCCCCCCCCCCCCCCCCCCC)COP(=O)(O)OC[C@@H](O)COP(=O)(O)OC[C@@H](COC(=O)CCCCCCCCC(C)C)OC(=O)CCCCCCCCCCCCCCCC(C)C. The van der Waals surface area contributed by atoms with Crippen LogP contribution in [0.15, 0.2) is 0 Å². The highest BCUT2D eigenvalue weighted by molar-refractivity contribution is 7.47. The highest BCUT2D eigenvalue weighted by atomic mass is 31.2. The smallest absolute Gasteiger partial charge is 0.462 e. The monoisotopic (exact) mass is 1520 g/mol. The van der Waals surface area contributed by atoms with Crippen LogP contribution in [0, 0.1) is 11.8 Å². The summed E-state index contributed by atoms with van der Waals surface area (Å²) in [5.41, 5.74) is 0. The van der Waals surface area contributed by atoms with E-state index in [1.54, 1.807) is 0 Å². The Morgan fingerprint density at radius 3 is 0.654 bits per heavy atom. The molecule has 618 valence electrons. The molecular weight excluding hydrogens is 1350 g/mol. The third kappa shape index (κ3) is 78.2. The number of carbonyl (C=O) groups excluding carboxylic acids is 4. The van der Waals surface area contributed by atoms with Gasteiger partial charge in [-0.3, -0.25) is 37.3 Å². The molecule has 0 saturated heterocycles. The highest BCUT2D eigenvalue weighted by Crippen LogP contribution is 2.45. The van der Waals surface area contributed by atoms with E-state index in [0.717, 1.165) is 102 Å². The van der Waals surface area contributed by atoms with Gasteiger partial charge in [0, 0.05) is 25.7 Å². The van der Waals surface area contributed by atoms with Crippen LogP contribution in [0.25, 0.3) is 0 Å². The maximum Gasteiger partial charge on any atom is 0.472 e. The van der Waals surface area contributed by atoms with Crippen LogP contribution < -0.4 is 0 Å². The fourth-order valence-corrected chi connectivity index (χ4v) is 14.8. The van der Waals surface area contributed by atoms with Gasteiger partial charge in [-0.1, -0.05) is 401 Å². The molecule has 17 nitrogen and oxygen atoms in total. The van der Waals surface area contributed by atoms with Gasteiger partial charge in [0.1, 0.15) is 19.3 Å². The van der Waals surface area contributed by atoms with Crippen LogP contribution >= 0.6 is 15.6 Å². The maximum atomic E-state index is 13.1. The van der Waals surface area contributed by atoms with Crippen molar-refractivity contribution in [2.75, 3.05) is 39.6 Å². The molecule has 2 unspecified atom stereocenters. The van der Waals surface area contributed by atoms with E-state index in [2.05, 4.69) is 41.5 Å². The predicted octanol–water partition coefficient (Wildman–Crippen LogP) is 25.8. The van der Waals surface area contributed by atoms with Crippen LogP contribution in [0.4, 0.5) is 0 Å². The Bertz CT molecular complexity index is 1990. The third-order valence-corrected chi connectivity index (χ3v) is 21.9. The van der Waals surface area contributed by atoms with E-state index in [9.17, 15) is 43.2 Å². The second kappa shape index (κ2) is 76.4. The molecule has 0 aromatic carbocycles. The number of unbranched alkanes of at least 4 members (excludes halogenated alkanes) is 54. The van der Waals surface area contributed by atoms with Crippen molar-refractivity contribution in [1.29, 1.82) is 0 Å². The summed E-state index contributed by atoms with van der Waals surface area (Å²) in [6.07, 6.45) is 68.3. The lowest BCUT2D eigenvalue weighted by Crippen LogP contribution is -2.30. The lowest BCUT2D eigenvalue weighted by atomic mass is 10.0. The highest BCUT2D eigenvalue weighted by Gasteiger charge is 2.30. The first kappa shape index (κ1) is 102. The normalized spacial score (nSPS) is 13.8. The number of aliphatic hydroxyl groups is 1. The molecule has 104 heavy (non-hydrogen) atoms. The zero-order chi connectivity index (χ0) is 76.4. The number of esters is 4. The lowest BCUT2D eigenvalue weighted by molar-refractivity contribution is -0.161. The largest absolute Gasteiger partial charge is 0.472 e. The predicted molar refractivity (Wildman–Crippen MR) is 428 cm³/mol. The molecule has 0 aliphatic rings. The van der Waals surface area contributed by atoms with Crippen molar-refractivity contribution in [2.24, 2.45) is 11.8 Å². The quantitative estimate of drug-likeness (QED) is 0.0222. The summed E-state index contributed by atoms with van der Waals surface area (Å²) in [7, 11) is -9.92. The van der Waals surface area contributed by atoms with Gasteiger partial charge in [0.2, 0.25) is 0 Å². The lowest BCUT2D eigenvalue weighted by Gasteiger charge is -2.21. The van der Waals surface area contributed by atoms with E-state index in [1.807, 2.05) is 0 Å². The van der Waals surface area contributed by atoms with Crippen LogP contribution in [0.5, 0.6) is 0 Å². The Hall–Kier alpha value is -1.94. The van der Waals surface area contributed by atoms with Gasteiger partial charge in [0.25, 0.3) is 0 Å². The van der Waals surface area contributed by atoms with E-state index in [4.69, 9.17) is 37.0 Å². The number of ether oxygens (including phenoxy) is 4. The minimum Gasteiger partial charge on any atom is -0.462 e. The molecule has 0 aliphatic carbocycles. The zero-order valence-electron chi connectivity index (χ0n) is 68.3.